The molecule has 1 amide bonds. The molecule has 1 aromatic heterocycles. The third-order valence-electron chi connectivity index (χ3n) is 3.94. The molecule has 1 heterocycles. The van der Waals surface area contributed by atoms with Gasteiger partial charge in [-0.1, -0.05) is 23.4 Å². The number of nitrogens with one attached hydrogen (secondary N) is 1. The van der Waals surface area contributed by atoms with Crippen LogP contribution in [0.5, 0.6) is 17.2 Å². The maximum absolute atomic E-state index is 11.9. The third-order valence-corrected chi connectivity index (χ3v) is 3.94. The van der Waals surface area contributed by atoms with Gasteiger partial charge in [0.25, 0.3) is 0 Å². The summed E-state index contributed by atoms with van der Waals surface area (Å²) in [7, 11) is 1.62. The van der Waals surface area contributed by atoms with Crippen LogP contribution in [0.3, 0.4) is 0 Å². The van der Waals surface area contributed by atoms with Gasteiger partial charge in [-0.05, 0) is 41.5 Å². The van der Waals surface area contributed by atoms with Gasteiger partial charge in [0.05, 0.1) is 26.4 Å². The second-order valence-electron chi connectivity index (χ2n) is 6.06. The zero-order chi connectivity index (χ0) is 19.9. The van der Waals surface area contributed by atoms with Crippen LogP contribution in [0.15, 0.2) is 54.7 Å². The van der Waals surface area contributed by atoms with Crippen molar-refractivity contribution in [1.29, 1.82) is 0 Å². The summed E-state index contributed by atoms with van der Waals surface area (Å²) in [5, 5.41) is 29.6. The van der Waals surface area contributed by atoms with Crippen LogP contribution in [-0.4, -0.2) is 38.2 Å². The van der Waals surface area contributed by atoms with Crippen molar-refractivity contribution in [3.05, 3.63) is 71.6 Å². The normalized spacial score (nSPS) is 10.9. The maximum atomic E-state index is 11.9. The molecule has 0 fully saturated rings. The molecule has 3 aromatic rings. The monoisotopic (exact) mass is 380 g/mol. The zero-order valence-electron chi connectivity index (χ0n) is 15.2. The first-order chi connectivity index (χ1) is 13.5. The van der Waals surface area contributed by atoms with Crippen LogP contribution in [0.25, 0.3) is 6.08 Å². The molecule has 0 saturated carbocycles. The number of hydrogen-bond donors (Lipinski definition) is 3. The molecule has 0 aliphatic rings. The number of hydrogen-bond acceptors (Lipinski definition) is 6. The van der Waals surface area contributed by atoms with E-state index in [4.69, 9.17) is 4.74 Å². The van der Waals surface area contributed by atoms with Gasteiger partial charge in [0.2, 0.25) is 5.91 Å². The molecule has 0 spiro atoms. The maximum Gasteiger partial charge on any atom is 0.244 e. The highest BCUT2D eigenvalue weighted by Gasteiger charge is 2.04. The number of carbonyl (C=O) groups excluding carboxylic acids is 1. The van der Waals surface area contributed by atoms with Crippen LogP contribution in [0, 0.1) is 0 Å². The van der Waals surface area contributed by atoms with Gasteiger partial charge < -0.3 is 20.3 Å². The molecule has 8 heteroatoms. The molecule has 0 aliphatic heterocycles. The summed E-state index contributed by atoms with van der Waals surface area (Å²) in [6.45, 7) is 0.782. The Bertz CT molecular complexity index is 997. The Balaban J connectivity index is 1.52. The minimum Gasteiger partial charge on any atom is -0.504 e. The van der Waals surface area contributed by atoms with E-state index in [2.05, 4.69) is 15.6 Å². The minimum absolute atomic E-state index is 0.210. The van der Waals surface area contributed by atoms with Gasteiger partial charge >= 0.3 is 0 Å². The summed E-state index contributed by atoms with van der Waals surface area (Å²) in [5.74, 6) is 0.0163. The number of phenols is 2. The molecule has 0 bridgehead atoms. The fourth-order valence-corrected chi connectivity index (χ4v) is 2.51. The summed E-state index contributed by atoms with van der Waals surface area (Å²) >= 11 is 0. The molecular formula is C20H20N4O4. The van der Waals surface area contributed by atoms with Crippen LogP contribution in [0.4, 0.5) is 0 Å². The molecule has 0 aliphatic carbocycles. The average molecular weight is 380 g/mol. The van der Waals surface area contributed by atoms with Gasteiger partial charge in [-0.3, -0.25) is 4.79 Å². The average Bonchev–Trinajstić information content (AvgIpc) is 3.14. The number of ether oxygens (including phenoxy) is 1. The van der Waals surface area contributed by atoms with Crippen molar-refractivity contribution in [3.8, 4) is 17.2 Å². The number of nitrogens with zero attached hydrogens (tertiary/aromatic N) is 3. The van der Waals surface area contributed by atoms with Crippen molar-refractivity contribution in [3.63, 3.8) is 0 Å². The van der Waals surface area contributed by atoms with Crippen LogP contribution in [0.2, 0.25) is 0 Å². The summed E-state index contributed by atoms with van der Waals surface area (Å²) in [4.78, 5) is 11.9. The first-order valence-electron chi connectivity index (χ1n) is 8.53. The van der Waals surface area contributed by atoms with Crippen molar-refractivity contribution in [1.82, 2.24) is 20.3 Å². The summed E-state index contributed by atoms with van der Waals surface area (Å²) in [6.07, 6.45) is 4.64. The Morgan fingerprint density at radius 1 is 1.21 bits per heavy atom. The van der Waals surface area contributed by atoms with E-state index < -0.39 is 0 Å². The molecule has 144 valence electrons. The van der Waals surface area contributed by atoms with Crippen molar-refractivity contribution >= 4 is 12.0 Å². The predicted octanol–water partition coefficient (Wildman–Crippen LogP) is 2.08. The molecule has 8 nitrogen and oxygen atoms in total. The van der Waals surface area contributed by atoms with E-state index in [9.17, 15) is 15.0 Å². The minimum atomic E-state index is -0.310. The summed E-state index contributed by atoms with van der Waals surface area (Å²) in [6, 6.07) is 12.0. The highest BCUT2D eigenvalue weighted by molar-refractivity contribution is 5.91. The smallest absolute Gasteiger partial charge is 0.244 e. The van der Waals surface area contributed by atoms with Crippen molar-refractivity contribution in [2.24, 2.45) is 0 Å². The van der Waals surface area contributed by atoms with E-state index >= 15 is 0 Å². The van der Waals surface area contributed by atoms with Gasteiger partial charge in [-0.25, -0.2) is 4.68 Å². The lowest BCUT2D eigenvalue weighted by Crippen LogP contribution is -2.20. The first kappa shape index (κ1) is 19.0. The number of aromatic nitrogens is 3. The van der Waals surface area contributed by atoms with Crippen molar-refractivity contribution < 1.29 is 19.7 Å². The zero-order valence-corrected chi connectivity index (χ0v) is 15.2. The third kappa shape index (κ3) is 5.10. The molecule has 3 rings (SSSR count). The summed E-state index contributed by atoms with van der Waals surface area (Å²) < 4.78 is 6.89. The van der Waals surface area contributed by atoms with Crippen molar-refractivity contribution in [2.75, 3.05) is 7.11 Å². The van der Waals surface area contributed by atoms with E-state index in [1.165, 1.54) is 24.3 Å². The largest absolute Gasteiger partial charge is 0.504 e. The van der Waals surface area contributed by atoms with Crippen LogP contribution >= 0.6 is 0 Å². The first-order valence-corrected chi connectivity index (χ1v) is 8.53. The molecule has 28 heavy (non-hydrogen) atoms. The number of benzene rings is 2. The van der Waals surface area contributed by atoms with E-state index in [0.29, 0.717) is 17.8 Å². The van der Waals surface area contributed by atoms with Crippen LogP contribution in [0.1, 0.15) is 16.8 Å². The lowest BCUT2D eigenvalue weighted by molar-refractivity contribution is -0.116. The highest BCUT2D eigenvalue weighted by atomic mass is 16.5. The molecule has 0 saturated heterocycles. The van der Waals surface area contributed by atoms with Gasteiger partial charge in [0.15, 0.2) is 11.5 Å². The number of phenolic OH excluding ortho intramolecular Hbond substituents is 2. The number of rotatable bonds is 7. The molecule has 2 aromatic carbocycles. The number of carbonyl (C=O) groups is 1. The number of aromatic hydroxyl groups is 2. The fourth-order valence-electron chi connectivity index (χ4n) is 2.51. The number of methoxy groups -OCH3 is 1. The Kier molecular flexibility index (Phi) is 5.91. The topological polar surface area (TPSA) is 110 Å². The standard InChI is InChI=1S/C20H20N4O4/c1-28-17-4-2-3-15(9-17)12-24-13-16(22-23-24)11-21-20(27)8-6-14-5-7-18(25)19(26)10-14/h2-10,13,25-26H,11-12H2,1H3,(H,21,27)/b8-6+. The Labute approximate surface area is 161 Å². The molecular weight excluding hydrogens is 360 g/mol. The second-order valence-corrected chi connectivity index (χ2v) is 6.06. The van der Waals surface area contributed by atoms with Crippen LogP contribution in [-0.2, 0) is 17.9 Å². The highest BCUT2D eigenvalue weighted by Crippen LogP contribution is 2.25. The number of amides is 1. The predicted molar refractivity (Wildman–Crippen MR) is 103 cm³/mol. The quantitative estimate of drug-likeness (QED) is 0.428. The molecule has 3 N–H and O–H groups in total. The van der Waals surface area contributed by atoms with E-state index in [1.54, 1.807) is 24.1 Å². The Morgan fingerprint density at radius 3 is 2.86 bits per heavy atom. The van der Waals surface area contributed by atoms with Gasteiger partial charge in [0.1, 0.15) is 11.4 Å². The Morgan fingerprint density at radius 2 is 2.07 bits per heavy atom. The van der Waals surface area contributed by atoms with Crippen molar-refractivity contribution in [2.45, 2.75) is 13.1 Å². The van der Waals surface area contributed by atoms with E-state index in [-0.39, 0.29) is 24.0 Å². The second kappa shape index (κ2) is 8.72. The van der Waals surface area contributed by atoms with Gasteiger partial charge in [0, 0.05) is 6.08 Å². The van der Waals surface area contributed by atoms with E-state index in [0.717, 1.165) is 11.3 Å². The van der Waals surface area contributed by atoms with Crippen LogP contribution < -0.4 is 10.1 Å². The molecule has 0 atom stereocenters. The lowest BCUT2D eigenvalue weighted by atomic mass is 10.2. The van der Waals surface area contributed by atoms with E-state index in [1.807, 2.05) is 24.3 Å². The van der Waals surface area contributed by atoms with Gasteiger partial charge in [-0.15, -0.1) is 5.10 Å². The van der Waals surface area contributed by atoms with Gasteiger partial charge in [-0.2, -0.15) is 0 Å². The summed E-state index contributed by atoms with van der Waals surface area (Å²) in [5.41, 5.74) is 2.25. The lowest BCUT2D eigenvalue weighted by Gasteiger charge is -2.04. The Hall–Kier alpha value is -3.81. The molecule has 0 unspecified atom stereocenters. The SMILES string of the molecule is COc1cccc(Cn2cc(CNC(=O)/C=C/c3ccc(O)c(O)c3)nn2)c1. The molecule has 0 radical (unpaired) electrons. The fraction of sp³-hybridized carbons (Fsp3) is 0.150.